The Kier molecular flexibility index (Phi) is 1.46. The summed E-state index contributed by atoms with van der Waals surface area (Å²) in [6.45, 7) is 0.464. The van der Waals surface area contributed by atoms with Crippen LogP contribution in [0.3, 0.4) is 0 Å². The molecule has 2 nitrogen and oxygen atoms in total. The molecule has 3 rings (SSSR count). The monoisotopic (exact) mass is 191 g/mol. The molecule has 0 aromatic heterocycles. The van der Waals surface area contributed by atoms with Gasteiger partial charge in [-0.1, -0.05) is 6.07 Å². The van der Waals surface area contributed by atoms with E-state index in [1.165, 1.54) is 6.07 Å². The van der Waals surface area contributed by atoms with Gasteiger partial charge in [-0.15, -0.1) is 0 Å². The summed E-state index contributed by atoms with van der Waals surface area (Å²) in [6, 6.07) is 5.10. The zero-order valence-electron chi connectivity index (χ0n) is 7.66. The van der Waals surface area contributed by atoms with Crippen molar-refractivity contribution in [3.8, 4) is 0 Å². The predicted octanol–water partition coefficient (Wildman–Crippen LogP) is 1.94. The van der Waals surface area contributed by atoms with Crippen LogP contribution in [0.2, 0.25) is 0 Å². The van der Waals surface area contributed by atoms with Gasteiger partial charge < -0.3 is 4.90 Å². The summed E-state index contributed by atoms with van der Waals surface area (Å²) in [6.07, 6.45) is 2.14. The summed E-state index contributed by atoms with van der Waals surface area (Å²) >= 11 is 0. The number of hydrogen-bond donors (Lipinski definition) is 0. The molecule has 0 bridgehead atoms. The molecule has 1 amide bonds. The van der Waals surface area contributed by atoms with E-state index in [2.05, 4.69) is 0 Å². The second-order valence-corrected chi connectivity index (χ2v) is 3.93. The lowest BCUT2D eigenvalue weighted by Gasteiger charge is -2.13. The second kappa shape index (κ2) is 2.56. The van der Waals surface area contributed by atoms with E-state index in [1.54, 1.807) is 17.0 Å². The summed E-state index contributed by atoms with van der Waals surface area (Å²) < 4.78 is 13.3. The maximum absolute atomic E-state index is 13.3. The molecular weight excluding hydrogens is 181 g/mol. The fraction of sp³-hybridized carbons (Fsp3) is 0.364. The van der Waals surface area contributed by atoms with Gasteiger partial charge in [0.05, 0.1) is 0 Å². The number of hydrogen-bond acceptors (Lipinski definition) is 1. The SMILES string of the molecule is O=C1c2cccc(F)c2CN1C1CC1. The van der Waals surface area contributed by atoms with Crippen LogP contribution in [-0.2, 0) is 6.54 Å². The third-order valence-corrected chi connectivity index (χ3v) is 2.93. The molecule has 2 aliphatic rings. The van der Waals surface area contributed by atoms with Gasteiger partial charge in [-0.2, -0.15) is 0 Å². The van der Waals surface area contributed by atoms with Crippen LogP contribution in [0.1, 0.15) is 28.8 Å². The Hall–Kier alpha value is -1.38. The van der Waals surface area contributed by atoms with Crippen molar-refractivity contribution in [2.75, 3.05) is 0 Å². The quantitative estimate of drug-likeness (QED) is 0.664. The van der Waals surface area contributed by atoms with Gasteiger partial charge in [0.1, 0.15) is 5.82 Å². The molecule has 3 heteroatoms. The smallest absolute Gasteiger partial charge is 0.254 e. The average Bonchev–Trinajstić information content (AvgIpc) is 2.94. The van der Waals surface area contributed by atoms with Gasteiger partial charge in [0.15, 0.2) is 0 Å². The number of benzene rings is 1. The van der Waals surface area contributed by atoms with E-state index in [4.69, 9.17) is 0 Å². The molecule has 0 saturated heterocycles. The van der Waals surface area contributed by atoms with E-state index in [0.717, 1.165) is 12.8 Å². The maximum Gasteiger partial charge on any atom is 0.254 e. The highest BCUT2D eigenvalue weighted by Crippen LogP contribution is 2.35. The van der Waals surface area contributed by atoms with Crippen LogP contribution >= 0.6 is 0 Å². The largest absolute Gasteiger partial charge is 0.331 e. The molecule has 14 heavy (non-hydrogen) atoms. The summed E-state index contributed by atoms with van der Waals surface area (Å²) in [5.74, 6) is -0.249. The minimum absolute atomic E-state index is 0.00185. The molecule has 72 valence electrons. The van der Waals surface area contributed by atoms with Crippen LogP contribution in [0.25, 0.3) is 0 Å². The molecule has 1 aromatic carbocycles. The van der Waals surface area contributed by atoms with Crippen LogP contribution in [0.5, 0.6) is 0 Å². The Labute approximate surface area is 81.3 Å². The van der Waals surface area contributed by atoms with Crippen molar-refractivity contribution < 1.29 is 9.18 Å². The zero-order valence-corrected chi connectivity index (χ0v) is 7.66. The minimum Gasteiger partial charge on any atom is -0.331 e. The molecule has 1 fully saturated rings. The third kappa shape index (κ3) is 0.983. The molecule has 0 radical (unpaired) electrons. The summed E-state index contributed by atoms with van der Waals surface area (Å²) in [5, 5.41) is 0. The van der Waals surface area contributed by atoms with Gasteiger partial charge in [-0.25, -0.2) is 4.39 Å². The summed E-state index contributed by atoms with van der Waals surface area (Å²) in [7, 11) is 0. The Morgan fingerprint density at radius 1 is 1.36 bits per heavy atom. The first-order valence-corrected chi connectivity index (χ1v) is 4.86. The molecular formula is C11H10FNO. The van der Waals surface area contributed by atoms with Crippen molar-refractivity contribution in [1.29, 1.82) is 0 Å². The van der Waals surface area contributed by atoms with Gasteiger partial charge in [0.2, 0.25) is 0 Å². The average molecular weight is 191 g/mol. The Bertz CT molecular complexity index is 412. The standard InChI is InChI=1S/C11H10FNO/c12-10-3-1-2-8-9(10)6-13(11(8)14)7-4-5-7/h1-3,7H,4-6H2. The number of fused-ring (bicyclic) bond motifs is 1. The normalized spacial score (nSPS) is 20.1. The zero-order chi connectivity index (χ0) is 9.71. The Morgan fingerprint density at radius 2 is 2.14 bits per heavy atom. The lowest BCUT2D eigenvalue weighted by atomic mass is 10.1. The minimum atomic E-state index is -0.251. The van der Waals surface area contributed by atoms with Gasteiger partial charge >= 0.3 is 0 Å². The van der Waals surface area contributed by atoms with Crippen LogP contribution in [0.15, 0.2) is 18.2 Å². The first-order chi connectivity index (χ1) is 6.77. The van der Waals surface area contributed by atoms with Crippen LogP contribution in [-0.4, -0.2) is 16.8 Å². The number of carbonyl (C=O) groups excluding carboxylic acids is 1. The van der Waals surface area contributed by atoms with E-state index in [-0.39, 0.29) is 11.7 Å². The first kappa shape index (κ1) is 7.97. The molecule has 1 aliphatic carbocycles. The molecule has 1 aromatic rings. The van der Waals surface area contributed by atoms with Crippen LogP contribution in [0.4, 0.5) is 4.39 Å². The van der Waals surface area contributed by atoms with E-state index >= 15 is 0 Å². The molecule has 0 spiro atoms. The maximum atomic E-state index is 13.3. The lowest BCUT2D eigenvalue weighted by molar-refractivity contribution is 0.0766. The van der Waals surface area contributed by atoms with Crippen molar-refractivity contribution in [1.82, 2.24) is 4.90 Å². The second-order valence-electron chi connectivity index (χ2n) is 3.93. The third-order valence-electron chi connectivity index (χ3n) is 2.93. The summed E-state index contributed by atoms with van der Waals surface area (Å²) in [5.41, 5.74) is 1.13. The molecule has 0 atom stereocenters. The molecule has 0 N–H and O–H groups in total. The van der Waals surface area contributed by atoms with Gasteiger partial charge in [-0.3, -0.25) is 4.79 Å². The van der Waals surface area contributed by atoms with Crippen molar-refractivity contribution >= 4 is 5.91 Å². The Balaban J connectivity index is 2.05. The van der Waals surface area contributed by atoms with Crippen molar-refractivity contribution in [2.24, 2.45) is 0 Å². The molecule has 1 heterocycles. The van der Waals surface area contributed by atoms with Crippen molar-refractivity contribution in [3.05, 3.63) is 35.1 Å². The van der Waals surface area contributed by atoms with Crippen molar-refractivity contribution in [3.63, 3.8) is 0 Å². The fourth-order valence-corrected chi connectivity index (χ4v) is 2.00. The predicted molar refractivity (Wildman–Crippen MR) is 49.3 cm³/mol. The number of rotatable bonds is 1. The number of amides is 1. The highest BCUT2D eigenvalue weighted by atomic mass is 19.1. The van der Waals surface area contributed by atoms with Gasteiger partial charge in [-0.05, 0) is 25.0 Å². The topological polar surface area (TPSA) is 20.3 Å². The number of nitrogens with zero attached hydrogens (tertiary/aromatic N) is 1. The molecule has 1 aliphatic heterocycles. The first-order valence-electron chi connectivity index (χ1n) is 4.86. The highest BCUT2D eigenvalue weighted by Gasteiger charge is 2.39. The summed E-state index contributed by atoms with van der Waals surface area (Å²) in [4.78, 5) is 13.6. The van der Waals surface area contributed by atoms with Gasteiger partial charge in [0.25, 0.3) is 5.91 Å². The lowest BCUT2D eigenvalue weighted by Crippen LogP contribution is -2.25. The van der Waals surface area contributed by atoms with E-state index in [0.29, 0.717) is 23.7 Å². The van der Waals surface area contributed by atoms with E-state index < -0.39 is 0 Å². The Morgan fingerprint density at radius 3 is 2.79 bits per heavy atom. The number of carbonyl (C=O) groups is 1. The van der Waals surface area contributed by atoms with Crippen LogP contribution < -0.4 is 0 Å². The molecule has 1 saturated carbocycles. The number of halogens is 1. The van der Waals surface area contributed by atoms with Gasteiger partial charge in [0, 0.05) is 23.7 Å². The molecule has 0 unspecified atom stereocenters. The highest BCUT2D eigenvalue weighted by molar-refractivity contribution is 5.98. The van der Waals surface area contributed by atoms with E-state index in [1.807, 2.05) is 0 Å². The fourth-order valence-electron chi connectivity index (χ4n) is 2.00. The van der Waals surface area contributed by atoms with Crippen LogP contribution in [0, 0.1) is 5.82 Å². The van der Waals surface area contributed by atoms with Crippen molar-refractivity contribution in [2.45, 2.75) is 25.4 Å². The van der Waals surface area contributed by atoms with E-state index in [9.17, 15) is 9.18 Å².